The summed E-state index contributed by atoms with van der Waals surface area (Å²) in [7, 11) is 0. The summed E-state index contributed by atoms with van der Waals surface area (Å²) in [5, 5.41) is 3.48. The van der Waals surface area contributed by atoms with Crippen LogP contribution in [0.2, 0.25) is 0 Å². The van der Waals surface area contributed by atoms with Crippen LogP contribution in [0.1, 0.15) is 26.2 Å². The maximum absolute atomic E-state index is 4.27. The first-order chi connectivity index (χ1) is 7.83. The zero-order chi connectivity index (χ0) is 11.0. The molecule has 16 heavy (non-hydrogen) atoms. The molecule has 2 heterocycles. The molecule has 1 fully saturated rings. The standard InChI is InChI=1S/C11H15N5/c1-7-2-3-8(4-7)16-11-9-10(13-5-12-9)14-6-15-11/h5-8H,2-4H2,1H3,(H2,12,13,14,15,16)/t7-,8+/m1/s1. The number of nitrogens with zero attached hydrogens (tertiary/aromatic N) is 3. The van der Waals surface area contributed by atoms with E-state index < -0.39 is 0 Å². The highest BCUT2D eigenvalue weighted by atomic mass is 15.1. The highest BCUT2D eigenvalue weighted by Crippen LogP contribution is 2.28. The van der Waals surface area contributed by atoms with Gasteiger partial charge in [0.1, 0.15) is 11.8 Å². The van der Waals surface area contributed by atoms with Gasteiger partial charge in [-0.15, -0.1) is 0 Å². The summed E-state index contributed by atoms with van der Waals surface area (Å²) in [6.45, 7) is 2.30. The molecule has 0 aliphatic heterocycles. The third-order valence-corrected chi connectivity index (χ3v) is 3.26. The molecular formula is C11H15N5. The van der Waals surface area contributed by atoms with Crippen LogP contribution in [0.5, 0.6) is 0 Å². The lowest BCUT2D eigenvalue weighted by Crippen LogP contribution is -2.16. The monoisotopic (exact) mass is 217 g/mol. The molecule has 84 valence electrons. The Labute approximate surface area is 93.7 Å². The number of aromatic nitrogens is 4. The molecule has 2 aromatic heterocycles. The van der Waals surface area contributed by atoms with Gasteiger partial charge in [0, 0.05) is 6.04 Å². The highest BCUT2D eigenvalue weighted by Gasteiger charge is 2.22. The Kier molecular flexibility index (Phi) is 2.23. The minimum atomic E-state index is 0.538. The van der Waals surface area contributed by atoms with Crippen LogP contribution < -0.4 is 5.32 Å². The normalized spacial score (nSPS) is 25.1. The highest BCUT2D eigenvalue weighted by molar-refractivity contribution is 5.82. The van der Waals surface area contributed by atoms with Gasteiger partial charge in [0.25, 0.3) is 0 Å². The molecule has 2 N–H and O–H groups in total. The topological polar surface area (TPSA) is 66.5 Å². The van der Waals surface area contributed by atoms with Crippen LogP contribution >= 0.6 is 0 Å². The van der Waals surface area contributed by atoms with E-state index in [0.717, 1.165) is 22.9 Å². The van der Waals surface area contributed by atoms with E-state index in [-0.39, 0.29) is 0 Å². The smallest absolute Gasteiger partial charge is 0.182 e. The van der Waals surface area contributed by atoms with E-state index >= 15 is 0 Å². The van der Waals surface area contributed by atoms with E-state index in [4.69, 9.17) is 0 Å². The average molecular weight is 217 g/mol. The number of H-pyrrole nitrogens is 1. The van der Waals surface area contributed by atoms with Gasteiger partial charge < -0.3 is 10.3 Å². The first-order valence-electron chi connectivity index (χ1n) is 5.73. The van der Waals surface area contributed by atoms with E-state index in [9.17, 15) is 0 Å². The van der Waals surface area contributed by atoms with E-state index in [1.807, 2.05) is 0 Å². The van der Waals surface area contributed by atoms with Crippen molar-refractivity contribution in [2.75, 3.05) is 5.32 Å². The molecule has 3 rings (SSSR count). The minimum Gasteiger partial charge on any atom is -0.365 e. The molecule has 0 aromatic carbocycles. The molecule has 0 saturated heterocycles. The Hall–Kier alpha value is -1.65. The number of hydrogen-bond donors (Lipinski definition) is 2. The van der Waals surface area contributed by atoms with E-state index in [0.29, 0.717) is 6.04 Å². The minimum absolute atomic E-state index is 0.538. The van der Waals surface area contributed by atoms with Crippen LogP contribution in [0.25, 0.3) is 11.2 Å². The van der Waals surface area contributed by atoms with Crippen molar-refractivity contribution < 1.29 is 0 Å². The molecule has 0 spiro atoms. The first kappa shape index (κ1) is 9.57. The Morgan fingerprint density at radius 2 is 2.25 bits per heavy atom. The van der Waals surface area contributed by atoms with Crippen molar-refractivity contribution in [2.45, 2.75) is 32.2 Å². The fourth-order valence-electron chi connectivity index (χ4n) is 2.41. The summed E-state index contributed by atoms with van der Waals surface area (Å²) in [5.74, 6) is 1.69. The van der Waals surface area contributed by atoms with Crippen molar-refractivity contribution in [2.24, 2.45) is 5.92 Å². The van der Waals surface area contributed by atoms with Crippen molar-refractivity contribution in [3.63, 3.8) is 0 Å². The molecule has 1 saturated carbocycles. The summed E-state index contributed by atoms with van der Waals surface area (Å²) >= 11 is 0. The molecule has 1 aliphatic carbocycles. The zero-order valence-corrected chi connectivity index (χ0v) is 9.27. The maximum Gasteiger partial charge on any atom is 0.182 e. The van der Waals surface area contributed by atoms with Crippen LogP contribution in [0.3, 0.4) is 0 Å². The van der Waals surface area contributed by atoms with Gasteiger partial charge in [0.05, 0.1) is 6.33 Å². The molecular weight excluding hydrogens is 202 g/mol. The lowest BCUT2D eigenvalue weighted by Gasteiger charge is -2.12. The number of hydrogen-bond acceptors (Lipinski definition) is 4. The van der Waals surface area contributed by atoms with Crippen molar-refractivity contribution in [1.82, 2.24) is 19.9 Å². The second kappa shape index (κ2) is 3.73. The van der Waals surface area contributed by atoms with E-state index in [1.165, 1.54) is 19.3 Å². The molecule has 0 amide bonds. The number of anilines is 1. The van der Waals surface area contributed by atoms with Crippen LogP contribution in [-0.4, -0.2) is 26.0 Å². The largest absolute Gasteiger partial charge is 0.365 e. The SMILES string of the molecule is C[C@@H]1CC[C@H](Nc2ncnc3nc[nH]c23)C1. The predicted octanol–water partition coefficient (Wildman–Crippen LogP) is 1.95. The average Bonchev–Trinajstić information content (AvgIpc) is 2.87. The van der Waals surface area contributed by atoms with Crippen LogP contribution in [0.15, 0.2) is 12.7 Å². The molecule has 1 aliphatic rings. The summed E-state index contributed by atoms with van der Waals surface area (Å²) in [5.41, 5.74) is 1.63. The van der Waals surface area contributed by atoms with E-state index in [1.54, 1.807) is 12.7 Å². The van der Waals surface area contributed by atoms with Crippen LogP contribution in [0.4, 0.5) is 5.82 Å². The van der Waals surface area contributed by atoms with Gasteiger partial charge in [-0.2, -0.15) is 0 Å². The number of imidazole rings is 1. The summed E-state index contributed by atoms with van der Waals surface area (Å²) < 4.78 is 0. The van der Waals surface area contributed by atoms with Gasteiger partial charge in [-0.25, -0.2) is 15.0 Å². The molecule has 5 nitrogen and oxygen atoms in total. The molecule has 2 aromatic rings. The lowest BCUT2D eigenvalue weighted by atomic mass is 10.1. The summed E-state index contributed by atoms with van der Waals surface area (Å²) in [6, 6.07) is 0.538. The second-order valence-corrected chi connectivity index (χ2v) is 4.58. The third kappa shape index (κ3) is 1.62. The Morgan fingerprint density at radius 1 is 1.31 bits per heavy atom. The number of nitrogens with one attached hydrogen (secondary N) is 2. The van der Waals surface area contributed by atoms with Gasteiger partial charge in [-0.1, -0.05) is 6.92 Å². The predicted molar refractivity (Wildman–Crippen MR) is 62.1 cm³/mol. The van der Waals surface area contributed by atoms with Gasteiger partial charge >= 0.3 is 0 Å². The zero-order valence-electron chi connectivity index (χ0n) is 9.27. The van der Waals surface area contributed by atoms with Gasteiger partial charge in [-0.05, 0) is 25.2 Å². The van der Waals surface area contributed by atoms with Gasteiger partial charge in [0.15, 0.2) is 11.5 Å². The number of fused-ring (bicyclic) bond motifs is 1. The Balaban J connectivity index is 1.86. The van der Waals surface area contributed by atoms with Crippen LogP contribution in [-0.2, 0) is 0 Å². The fraction of sp³-hybridized carbons (Fsp3) is 0.545. The molecule has 0 radical (unpaired) electrons. The fourth-order valence-corrected chi connectivity index (χ4v) is 2.41. The maximum atomic E-state index is 4.27. The van der Waals surface area contributed by atoms with Crippen molar-refractivity contribution in [3.8, 4) is 0 Å². The van der Waals surface area contributed by atoms with Gasteiger partial charge in [0.2, 0.25) is 0 Å². The summed E-state index contributed by atoms with van der Waals surface area (Å²) in [4.78, 5) is 15.6. The molecule has 2 atom stereocenters. The first-order valence-corrected chi connectivity index (χ1v) is 5.73. The van der Waals surface area contributed by atoms with Gasteiger partial charge in [-0.3, -0.25) is 0 Å². The number of rotatable bonds is 2. The lowest BCUT2D eigenvalue weighted by molar-refractivity contribution is 0.602. The van der Waals surface area contributed by atoms with Crippen molar-refractivity contribution in [3.05, 3.63) is 12.7 Å². The molecule has 5 heteroatoms. The van der Waals surface area contributed by atoms with Crippen LogP contribution in [0, 0.1) is 5.92 Å². The van der Waals surface area contributed by atoms with Crippen molar-refractivity contribution in [1.29, 1.82) is 0 Å². The Morgan fingerprint density at radius 3 is 3.06 bits per heavy atom. The molecule has 0 bridgehead atoms. The Bertz CT molecular complexity index is 492. The number of aromatic amines is 1. The second-order valence-electron chi connectivity index (χ2n) is 4.58. The third-order valence-electron chi connectivity index (χ3n) is 3.26. The summed E-state index contributed by atoms with van der Waals surface area (Å²) in [6.07, 6.45) is 6.96. The van der Waals surface area contributed by atoms with Crippen molar-refractivity contribution >= 4 is 17.0 Å². The molecule has 0 unspecified atom stereocenters. The van der Waals surface area contributed by atoms with E-state index in [2.05, 4.69) is 32.2 Å². The quantitative estimate of drug-likeness (QED) is 0.807.